The van der Waals surface area contributed by atoms with Crippen LogP contribution in [0.2, 0.25) is 5.02 Å². The van der Waals surface area contributed by atoms with Crippen LogP contribution in [0.15, 0.2) is 53.5 Å². The summed E-state index contributed by atoms with van der Waals surface area (Å²) in [4.78, 5) is 20.9. The number of benzene rings is 2. The highest BCUT2D eigenvalue weighted by Gasteiger charge is 2.35. The zero-order valence-corrected chi connectivity index (χ0v) is 27.5. The fourth-order valence-corrected chi connectivity index (χ4v) is 6.89. The van der Waals surface area contributed by atoms with Crippen LogP contribution in [0.5, 0.6) is 0 Å². The average molecular weight is 631 g/mol. The summed E-state index contributed by atoms with van der Waals surface area (Å²) in [6.07, 6.45) is 7.03. The van der Waals surface area contributed by atoms with Gasteiger partial charge >= 0.3 is 0 Å². The van der Waals surface area contributed by atoms with Crippen molar-refractivity contribution in [2.75, 3.05) is 16.8 Å². The van der Waals surface area contributed by atoms with Gasteiger partial charge in [-0.05, 0) is 69.5 Å². The molecule has 0 saturated carbocycles. The Morgan fingerprint density at radius 1 is 1.09 bits per heavy atom. The van der Waals surface area contributed by atoms with Crippen LogP contribution >= 0.6 is 22.9 Å². The molecule has 232 valence electrons. The van der Waals surface area contributed by atoms with E-state index in [9.17, 15) is 4.79 Å². The van der Waals surface area contributed by atoms with Crippen molar-refractivity contribution < 1.29 is 4.79 Å². The van der Waals surface area contributed by atoms with Gasteiger partial charge in [0.05, 0.1) is 24.1 Å². The van der Waals surface area contributed by atoms with Crippen molar-refractivity contribution >= 4 is 51.1 Å². The summed E-state index contributed by atoms with van der Waals surface area (Å²) >= 11 is 7.89. The molecule has 0 radical (unpaired) electrons. The molecular weight excluding hydrogens is 588 g/mol. The molecule has 0 bridgehead atoms. The lowest BCUT2D eigenvalue weighted by Gasteiger charge is -2.31. The fraction of sp³-hybridized carbons (Fsp3) is 0.400. The smallest absolute Gasteiger partial charge is 0.224 e. The molecule has 1 unspecified atom stereocenters. The Bertz CT molecular complexity index is 1550. The van der Waals surface area contributed by atoms with Gasteiger partial charge in [0, 0.05) is 38.7 Å². The van der Waals surface area contributed by atoms with Crippen molar-refractivity contribution in [3.63, 3.8) is 0 Å². The van der Waals surface area contributed by atoms with Gasteiger partial charge in [-0.3, -0.25) is 15.2 Å². The van der Waals surface area contributed by atoms with E-state index in [0.29, 0.717) is 23.8 Å². The number of amidine groups is 1. The van der Waals surface area contributed by atoms with E-state index in [0.717, 1.165) is 78.0 Å². The first-order valence-corrected chi connectivity index (χ1v) is 16.5. The van der Waals surface area contributed by atoms with Crippen LogP contribution < -0.4 is 21.7 Å². The number of nitrogens with one attached hydrogen (secondary N) is 2. The summed E-state index contributed by atoms with van der Waals surface area (Å²) in [5.74, 6) is 6.27. The highest BCUT2D eigenvalue weighted by atomic mass is 35.5. The van der Waals surface area contributed by atoms with Gasteiger partial charge in [-0.1, -0.05) is 73.7 Å². The summed E-state index contributed by atoms with van der Waals surface area (Å²) in [7, 11) is 0. The van der Waals surface area contributed by atoms with Gasteiger partial charge in [-0.2, -0.15) is 0 Å². The van der Waals surface area contributed by atoms with Crippen LogP contribution in [0.4, 0.5) is 10.7 Å². The molecule has 1 amide bonds. The zero-order chi connectivity index (χ0) is 31.6. The summed E-state index contributed by atoms with van der Waals surface area (Å²) < 4.78 is 0. The first-order valence-electron chi connectivity index (χ1n) is 15.3. The Kier molecular flexibility index (Phi) is 12.2. The average Bonchev–Trinajstić information content (AvgIpc) is 3.21. The number of fused-ring (bicyclic) bond motifs is 1. The van der Waals surface area contributed by atoms with Crippen LogP contribution in [-0.2, 0) is 4.79 Å². The quantitative estimate of drug-likeness (QED) is 0.0763. The van der Waals surface area contributed by atoms with E-state index in [1.54, 1.807) is 18.3 Å². The van der Waals surface area contributed by atoms with Crippen molar-refractivity contribution in [2.24, 2.45) is 16.5 Å². The zero-order valence-electron chi connectivity index (χ0n) is 25.9. The van der Waals surface area contributed by atoms with E-state index < -0.39 is 6.17 Å². The third-order valence-corrected chi connectivity index (χ3v) is 9.38. The lowest BCUT2D eigenvalue weighted by molar-refractivity contribution is -0.116. The Balaban J connectivity index is 1.30. The molecule has 9 heteroatoms. The van der Waals surface area contributed by atoms with Crippen LogP contribution in [-0.4, -0.2) is 36.2 Å². The lowest BCUT2D eigenvalue weighted by Crippen LogP contribution is -2.51. The van der Waals surface area contributed by atoms with Crippen molar-refractivity contribution in [2.45, 2.75) is 84.3 Å². The highest BCUT2D eigenvalue weighted by molar-refractivity contribution is 7.17. The standard InChI is InChI=1S/C35H43ClN6OS/c1-23-24(2)44-35-32(23)33(27-17-19-28(36)20-18-27)41-30(34(39)42(35)25(3)38)15-8-6-4-5-7-9-16-31(43)40-29-14-10-12-26(22-29)13-11-21-37/h10,12,14,17-20,22,30,34,38H,4-9,15-16,21,37,39H2,1-3H3,(H,40,43)/t30-,34?/m0/s1. The maximum atomic E-state index is 12.4. The summed E-state index contributed by atoms with van der Waals surface area (Å²) in [5.41, 5.74) is 18.1. The molecule has 7 nitrogen and oxygen atoms in total. The Hall–Kier alpha value is -3.48. The third kappa shape index (κ3) is 8.58. The number of thiophene rings is 1. The summed E-state index contributed by atoms with van der Waals surface area (Å²) in [6.45, 7) is 6.34. The van der Waals surface area contributed by atoms with E-state index in [-0.39, 0.29) is 11.9 Å². The number of unbranched alkanes of at least 4 members (excludes halogenated alkanes) is 5. The molecule has 0 fully saturated rings. The van der Waals surface area contributed by atoms with E-state index in [4.69, 9.17) is 33.5 Å². The lowest BCUT2D eigenvalue weighted by atomic mass is 9.99. The van der Waals surface area contributed by atoms with E-state index >= 15 is 0 Å². The van der Waals surface area contributed by atoms with Crippen molar-refractivity contribution in [3.05, 3.63) is 80.7 Å². The molecule has 4 rings (SSSR count). The molecule has 2 atom stereocenters. The minimum absolute atomic E-state index is 0.0237. The maximum absolute atomic E-state index is 12.4. The molecule has 2 aromatic carbocycles. The second-order valence-electron chi connectivity index (χ2n) is 11.3. The molecule has 0 spiro atoms. The van der Waals surface area contributed by atoms with Crippen molar-refractivity contribution in [3.8, 4) is 11.8 Å². The highest BCUT2D eigenvalue weighted by Crippen LogP contribution is 2.41. The Morgan fingerprint density at radius 2 is 1.80 bits per heavy atom. The molecule has 1 aromatic heterocycles. The van der Waals surface area contributed by atoms with Gasteiger partial charge in [-0.25, -0.2) is 0 Å². The van der Waals surface area contributed by atoms with Crippen LogP contribution in [0, 0.1) is 31.1 Å². The summed E-state index contributed by atoms with van der Waals surface area (Å²) in [5, 5.41) is 13.2. The first-order chi connectivity index (χ1) is 21.2. The number of aryl methyl sites for hydroxylation is 1. The molecule has 0 saturated heterocycles. The number of hydrogen-bond acceptors (Lipinski definition) is 6. The number of halogens is 1. The number of amides is 1. The van der Waals surface area contributed by atoms with E-state index in [2.05, 4.69) is 31.0 Å². The van der Waals surface area contributed by atoms with Gasteiger partial charge in [-0.15, -0.1) is 11.3 Å². The Morgan fingerprint density at radius 3 is 2.50 bits per heavy atom. The SMILES string of the molecule is CC(=N)N1c2sc(C)c(C)c2C(c2ccc(Cl)cc2)=N[C@@H](CCCCCCCCC(=O)Nc2cccc(C#CCN)c2)C1N. The largest absolute Gasteiger partial charge is 0.326 e. The Labute approximate surface area is 270 Å². The molecule has 1 aliphatic rings. The predicted octanol–water partition coefficient (Wildman–Crippen LogP) is 7.40. The van der Waals surface area contributed by atoms with Gasteiger partial charge in [0.15, 0.2) is 0 Å². The predicted molar refractivity (Wildman–Crippen MR) is 186 cm³/mol. The van der Waals surface area contributed by atoms with Gasteiger partial charge < -0.3 is 21.7 Å². The van der Waals surface area contributed by atoms with E-state index in [1.165, 1.54) is 10.4 Å². The minimum atomic E-state index is -0.416. The number of aliphatic imine (C=N–C) groups is 1. The fourth-order valence-electron chi connectivity index (χ4n) is 5.51. The first kappa shape index (κ1) is 33.4. The number of hydrogen-bond donors (Lipinski definition) is 4. The second-order valence-corrected chi connectivity index (χ2v) is 12.9. The minimum Gasteiger partial charge on any atom is -0.326 e. The summed E-state index contributed by atoms with van der Waals surface area (Å²) in [6, 6.07) is 15.2. The molecule has 6 N–H and O–H groups in total. The number of nitrogens with zero attached hydrogens (tertiary/aromatic N) is 2. The topological polar surface area (TPSA) is 121 Å². The number of rotatable bonds is 11. The number of nitrogens with two attached hydrogens (primary N) is 2. The van der Waals surface area contributed by atoms with Crippen molar-refractivity contribution in [1.29, 1.82) is 5.41 Å². The van der Waals surface area contributed by atoms with Crippen molar-refractivity contribution in [1.82, 2.24) is 0 Å². The van der Waals surface area contributed by atoms with Gasteiger partial charge in [0.25, 0.3) is 0 Å². The number of carbonyl (C=O) groups excluding carboxylic acids is 1. The van der Waals surface area contributed by atoms with Gasteiger partial charge in [0.2, 0.25) is 5.91 Å². The third-order valence-electron chi connectivity index (χ3n) is 7.92. The molecule has 1 aliphatic heterocycles. The molecular formula is C35H43ClN6OS. The van der Waals surface area contributed by atoms with Gasteiger partial charge in [0.1, 0.15) is 11.2 Å². The van der Waals surface area contributed by atoms with Crippen LogP contribution in [0.25, 0.3) is 0 Å². The maximum Gasteiger partial charge on any atom is 0.224 e. The molecule has 3 aromatic rings. The molecule has 44 heavy (non-hydrogen) atoms. The second kappa shape index (κ2) is 16.0. The van der Waals surface area contributed by atoms with Crippen LogP contribution in [0.1, 0.15) is 85.4 Å². The van der Waals surface area contributed by atoms with Crippen LogP contribution in [0.3, 0.4) is 0 Å². The monoisotopic (exact) mass is 630 g/mol. The number of anilines is 2. The number of carbonyl (C=O) groups is 1. The van der Waals surface area contributed by atoms with E-state index in [1.807, 2.05) is 53.4 Å². The molecule has 2 heterocycles. The molecule has 0 aliphatic carbocycles. The normalized spacial score (nSPS) is 16.0.